The highest BCUT2D eigenvalue weighted by Gasteiger charge is 2.22. The van der Waals surface area contributed by atoms with Crippen molar-refractivity contribution in [2.75, 3.05) is 13.2 Å². The van der Waals surface area contributed by atoms with Gasteiger partial charge in [0.15, 0.2) is 0 Å². The summed E-state index contributed by atoms with van der Waals surface area (Å²) < 4.78 is 26.3. The molecule has 1 aromatic heterocycles. The van der Waals surface area contributed by atoms with Crippen LogP contribution in [-0.4, -0.2) is 42.9 Å². The van der Waals surface area contributed by atoms with Crippen molar-refractivity contribution in [1.29, 1.82) is 0 Å². The van der Waals surface area contributed by atoms with Crippen molar-refractivity contribution in [2.24, 2.45) is 0 Å². The Morgan fingerprint density at radius 3 is 2.59 bits per heavy atom. The minimum Gasteiger partial charge on any atom is -0.395 e. The number of aromatic nitrogens is 1. The van der Waals surface area contributed by atoms with E-state index >= 15 is 0 Å². The van der Waals surface area contributed by atoms with Crippen molar-refractivity contribution >= 4 is 37.6 Å². The Balaban J connectivity index is 3.09. The van der Waals surface area contributed by atoms with E-state index in [9.17, 15) is 8.42 Å². The molecule has 0 aliphatic rings. The Morgan fingerprint density at radius 2 is 2.06 bits per heavy atom. The van der Waals surface area contributed by atoms with E-state index in [0.29, 0.717) is 4.47 Å². The van der Waals surface area contributed by atoms with Gasteiger partial charge in [0.1, 0.15) is 10.0 Å². The van der Waals surface area contributed by atoms with Crippen molar-refractivity contribution in [1.82, 2.24) is 9.71 Å². The molecule has 96 valence electrons. The number of pyridine rings is 1. The fourth-order valence-electron chi connectivity index (χ4n) is 1.01. The van der Waals surface area contributed by atoms with Gasteiger partial charge in [-0.25, -0.2) is 18.1 Å². The van der Waals surface area contributed by atoms with E-state index in [-0.39, 0.29) is 10.0 Å². The molecular weight excluding hydrogens is 336 g/mol. The molecule has 0 bridgehead atoms. The van der Waals surface area contributed by atoms with Crippen LogP contribution in [-0.2, 0) is 10.0 Å². The smallest absolute Gasteiger partial charge is 0.244 e. The van der Waals surface area contributed by atoms with Gasteiger partial charge in [0, 0.05) is 10.7 Å². The zero-order valence-corrected chi connectivity index (χ0v) is 11.6. The molecule has 0 aromatic carbocycles. The molecular formula is C8H10BrClN2O4S. The third-order valence-electron chi connectivity index (χ3n) is 1.83. The lowest BCUT2D eigenvalue weighted by atomic mass is 10.4. The molecule has 0 radical (unpaired) electrons. The quantitative estimate of drug-likeness (QED) is 0.659. The van der Waals surface area contributed by atoms with Crippen LogP contribution in [0.4, 0.5) is 0 Å². The van der Waals surface area contributed by atoms with Crippen LogP contribution in [0.3, 0.4) is 0 Å². The van der Waals surface area contributed by atoms with E-state index < -0.39 is 29.3 Å². The third kappa shape index (κ3) is 3.87. The van der Waals surface area contributed by atoms with Crippen LogP contribution in [0.1, 0.15) is 0 Å². The maximum Gasteiger partial charge on any atom is 0.244 e. The van der Waals surface area contributed by atoms with Crippen molar-refractivity contribution in [3.05, 3.63) is 21.9 Å². The molecule has 0 atom stereocenters. The average Bonchev–Trinajstić information content (AvgIpc) is 2.29. The molecule has 17 heavy (non-hydrogen) atoms. The Morgan fingerprint density at radius 1 is 1.47 bits per heavy atom. The van der Waals surface area contributed by atoms with E-state index in [2.05, 4.69) is 25.6 Å². The molecule has 6 nitrogen and oxygen atoms in total. The lowest BCUT2D eigenvalue weighted by molar-refractivity contribution is 0.185. The van der Waals surface area contributed by atoms with Gasteiger partial charge in [-0.05, 0) is 22.0 Å². The largest absolute Gasteiger partial charge is 0.395 e. The Hall–Kier alpha value is -0.250. The molecule has 3 N–H and O–H groups in total. The molecule has 0 saturated carbocycles. The van der Waals surface area contributed by atoms with Gasteiger partial charge in [0.2, 0.25) is 10.0 Å². The molecule has 0 saturated heterocycles. The molecule has 1 rings (SSSR count). The summed E-state index contributed by atoms with van der Waals surface area (Å²) in [7, 11) is -3.93. The number of nitrogens with one attached hydrogen (secondary N) is 1. The van der Waals surface area contributed by atoms with Gasteiger partial charge in [-0.15, -0.1) is 0 Å². The molecule has 0 spiro atoms. The van der Waals surface area contributed by atoms with Gasteiger partial charge < -0.3 is 10.2 Å². The molecule has 0 aliphatic heterocycles. The Bertz CT molecular complexity index is 492. The van der Waals surface area contributed by atoms with Crippen LogP contribution in [0.15, 0.2) is 21.6 Å². The van der Waals surface area contributed by atoms with Gasteiger partial charge in [0.25, 0.3) is 0 Å². The molecule has 0 amide bonds. The van der Waals surface area contributed by atoms with Crippen molar-refractivity contribution in [2.45, 2.75) is 10.9 Å². The predicted octanol–water partition coefficient (Wildman–Crippen LogP) is 0.129. The van der Waals surface area contributed by atoms with Gasteiger partial charge in [0.05, 0.1) is 19.3 Å². The summed E-state index contributed by atoms with van der Waals surface area (Å²) in [4.78, 5) is 3.46. The van der Waals surface area contributed by atoms with Gasteiger partial charge in [-0.2, -0.15) is 0 Å². The molecule has 9 heteroatoms. The second-order valence-corrected chi connectivity index (χ2v) is 6.08. The number of aliphatic hydroxyl groups excluding tert-OH is 2. The zero-order chi connectivity index (χ0) is 13.1. The topological polar surface area (TPSA) is 99.5 Å². The summed E-state index contributed by atoms with van der Waals surface area (Å²) in [6, 6.07) is 0.304. The van der Waals surface area contributed by atoms with Crippen molar-refractivity contribution in [3.63, 3.8) is 0 Å². The SMILES string of the molecule is O=S(=O)(NC(CO)CO)c1cc(Br)cnc1Cl. The molecule has 0 fully saturated rings. The molecule has 0 aliphatic carbocycles. The Kier molecular flexibility index (Phi) is 5.29. The predicted molar refractivity (Wildman–Crippen MR) is 65.2 cm³/mol. The van der Waals surface area contributed by atoms with Gasteiger partial charge in [-0.1, -0.05) is 11.6 Å². The van der Waals surface area contributed by atoms with Crippen molar-refractivity contribution in [3.8, 4) is 0 Å². The van der Waals surface area contributed by atoms with E-state index in [0.717, 1.165) is 0 Å². The van der Waals surface area contributed by atoms with Crippen LogP contribution >= 0.6 is 27.5 Å². The fraction of sp³-hybridized carbons (Fsp3) is 0.375. The summed E-state index contributed by atoms with van der Waals surface area (Å²) in [6.45, 7) is -1.04. The molecule has 0 unspecified atom stereocenters. The van der Waals surface area contributed by atoms with Crippen LogP contribution in [0, 0.1) is 0 Å². The van der Waals surface area contributed by atoms with E-state index in [1.54, 1.807) is 0 Å². The lowest BCUT2D eigenvalue weighted by Crippen LogP contribution is -2.40. The maximum absolute atomic E-state index is 11.9. The highest BCUT2D eigenvalue weighted by atomic mass is 79.9. The number of aliphatic hydroxyl groups is 2. The number of nitrogens with zero attached hydrogens (tertiary/aromatic N) is 1. The normalized spacial score (nSPS) is 12.1. The number of hydrogen-bond acceptors (Lipinski definition) is 5. The summed E-state index contributed by atoms with van der Waals surface area (Å²) in [5.74, 6) is 0. The summed E-state index contributed by atoms with van der Waals surface area (Å²) in [5.41, 5.74) is 0. The number of sulfonamides is 1. The van der Waals surface area contributed by atoms with E-state index in [4.69, 9.17) is 21.8 Å². The number of rotatable bonds is 5. The second-order valence-electron chi connectivity index (χ2n) is 3.13. The average molecular weight is 346 g/mol. The van der Waals surface area contributed by atoms with E-state index in [1.807, 2.05) is 0 Å². The first-order valence-electron chi connectivity index (χ1n) is 4.46. The summed E-state index contributed by atoms with van der Waals surface area (Å²) >= 11 is 8.75. The molecule has 1 heterocycles. The second kappa shape index (κ2) is 6.07. The third-order valence-corrected chi connectivity index (χ3v) is 4.21. The minimum absolute atomic E-state index is 0.185. The summed E-state index contributed by atoms with van der Waals surface area (Å²) in [6.07, 6.45) is 1.36. The number of halogens is 2. The number of hydrogen-bond donors (Lipinski definition) is 3. The van der Waals surface area contributed by atoms with Crippen molar-refractivity contribution < 1.29 is 18.6 Å². The molecule has 1 aromatic rings. The van der Waals surface area contributed by atoms with E-state index in [1.165, 1.54) is 12.3 Å². The van der Waals surface area contributed by atoms with Crippen LogP contribution in [0.5, 0.6) is 0 Å². The van der Waals surface area contributed by atoms with Crippen LogP contribution < -0.4 is 4.72 Å². The summed E-state index contributed by atoms with van der Waals surface area (Å²) in [5, 5.41) is 17.4. The van der Waals surface area contributed by atoms with Crippen LogP contribution in [0.2, 0.25) is 5.15 Å². The first-order valence-corrected chi connectivity index (χ1v) is 7.11. The first kappa shape index (κ1) is 14.8. The van der Waals surface area contributed by atoms with Crippen LogP contribution in [0.25, 0.3) is 0 Å². The lowest BCUT2D eigenvalue weighted by Gasteiger charge is -2.14. The first-order chi connectivity index (χ1) is 7.90. The monoisotopic (exact) mass is 344 g/mol. The van der Waals surface area contributed by atoms with Gasteiger partial charge >= 0.3 is 0 Å². The highest BCUT2D eigenvalue weighted by molar-refractivity contribution is 9.10. The van der Waals surface area contributed by atoms with Gasteiger partial charge in [-0.3, -0.25) is 0 Å². The zero-order valence-electron chi connectivity index (χ0n) is 8.47. The Labute approximate surface area is 112 Å². The highest BCUT2D eigenvalue weighted by Crippen LogP contribution is 2.22. The maximum atomic E-state index is 11.9. The standard InChI is InChI=1S/C8H10BrClN2O4S/c9-5-1-7(8(10)11-2-5)17(15,16)12-6(3-13)4-14/h1-2,6,12-14H,3-4H2. The minimum atomic E-state index is -3.93. The fourth-order valence-corrected chi connectivity index (χ4v) is 3.17.